The lowest BCUT2D eigenvalue weighted by Gasteiger charge is -2.02. The fourth-order valence-electron chi connectivity index (χ4n) is 1.34. The average Bonchev–Trinajstić information content (AvgIpc) is 2.45. The Labute approximate surface area is 93.5 Å². The molecule has 1 rings (SSSR count). The monoisotopic (exact) mass is 260 g/mol. The molecule has 0 aromatic carbocycles. The van der Waals surface area contributed by atoms with E-state index in [1.54, 1.807) is 0 Å². The van der Waals surface area contributed by atoms with Crippen LogP contribution in [0.4, 0.5) is 0 Å². The van der Waals surface area contributed by atoms with Crippen LogP contribution in [-0.2, 0) is 6.42 Å². The molecule has 0 N–H and O–H groups in total. The van der Waals surface area contributed by atoms with E-state index in [-0.39, 0.29) is 0 Å². The van der Waals surface area contributed by atoms with Crippen molar-refractivity contribution >= 4 is 27.3 Å². The fraction of sp³-hybridized carbons (Fsp3) is 0.636. The van der Waals surface area contributed by atoms with Crippen LogP contribution >= 0.6 is 27.3 Å². The maximum atomic E-state index is 3.47. The lowest BCUT2D eigenvalue weighted by atomic mass is 10.1. The molecule has 1 aromatic heterocycles. The molecule has 0 saturated heterocycles. The molecule has 0 radical (unpaired) electrons. The van der Waals surface area contributed by atoms with E-state index in [2.05, 4.69) is 41.2 Å². The van der Waals surface area contributed by atoms with E-state index >= 15 is 0 Å². The van der Waals surface area contributed by atoms with Crippen molar-refractivity contribution in [3.8, 4) is 0 Å². The second-order valence-electron chi connectivity index (χ2n) is 3.87. The molecule has 0 spiro atoms. The Balaban J connectivity index is 2.13. The summed E-state index contributed by atoms with van der Waals surface area (Å²) in [5.41, 5.74) is 0. The summed E-state index contributed by atoms with van der Waals surface area (Å²) in [6.45, 7) is 4.59. The SMILES string of the molecule is CC(C)CCCCc1cc(Br)cs1. The summed E-state index contributed by atoms with van der Waals surface area (Å²) in [5, 5.41) is 2.16. The molecule has 0 fully saturated rings. The van der Waals surface area contributed by atoms with Crippen molar-refractivity contribution in [2.75, 3.05) is 0 Å². The maximum absolute atomic E-state index is 3.47. The summed E-state index contributed by atoms with van der Waals surface area (Å²) in [7, 11) is 0. The van der Waals surface area contributed by atoms with Crippen LogP contribution in [0.5, 0.6) is 0 Å². The molecule has 0 amide bonds. The van der Waals surface area contributed by atoms with Crippen LogP contribution in [0.15, 0.2) is 15.9 Å². The highest BCUT2D eigenvalue weighted by atomic mass is 79.9. The highest BCUT2D eigenvalue weighted by Gasteiger charge is 1.98. The van der Waals surface area contributed by atoms with Crippen molar-refractivity contribution < 1.29 is 0 Å². The van der Waals surface area contributed by atoms with Gasteiger partial charge in [-0.3, -0.25) is 0 Å². The van der Waals surface area contributed by atoms with E-state index < -0.39 is 0 Å². The minimum Gasteiger partial charge on any atom is -0.148 e. The zero-order valence-corrected chi connectivity index (χ0v) is 10.7. The van der Waals surface area contributed by atoms with Crippen LogP contribution in [0.3, 0.4) is 0 Å². The van der Waals surface area contributed by atoms with Gasteiger partial charge in [0.25, 0.3) is 0 Å². The van der Waals surface area contributed by atoms with Crippen LogP contribution in [0.1, 0.15) is 38.0 Å². The average molecular weight is 261 g/mol. The fourth-order valence-corrected chi connectivity index (χ4v) is 2.83. The number of hydrogen-bond donors (Lipinski definition) is 0. The molecule has 0 aliphatic heterocycles. The van der Waals surface area contributed by atoms with Crippen LogP contribution < -0.4 is 0 Å². The predicted octanol–water partition coefficient (Wildman–Crippen LogP) is 4.88. The topological polar surface area (TPSA) is 0 Å². The predicted molar refractivity (Wildman–Crippen MR) is 64.4 cm³/mol. The Bertz CT molecular complexity index is 240. The van der Waals surface area contributed by atoms with Gasteiger partial charge in [0.2, 0.25) is 0 Å². The van der Waals surface area contributed by atoms with Gasteiger partial charge >= 0.3 is 0 Å². The van der Waals surface area contributed by atoms with E-state index in [0.717, 1.165) is 5.92 Å². The first-order valence-electron chi connectivity index (χ1n) is 4.91. The molecule has 0 nitrogen and oxygen atoms in total. The molecule has 0 atom stereocenters. The molecule has 0 aliphatic rings. The molecule has 13 heavy (non-hydrogen) atoms. The molecular formula is C11H17BrS. The van der Waals surface area contributed by atoms with Gasteiger partial charge in [-0.1, -0.05) is 26.7 Å². The van der Waals surface area contributed by atoms with Gasteiger partial charge in [-0.15, -0.1) is 11.3 Å². The maximum Gasteiger partial charge on any atom is 0.0285 e. The van der Waals surface area contributed by atoms with Crippen molar-refractivity contribution in [3.05, 3.63) is 20.8 Å². The molecule has 1 aromatic rings. The van der Waals surface area contributed by atoms with Gasteiger partial charge < -0.3 is 0 Å². The molecule has 2 heteroatoms. The summed E-state index contributed by atoms with van der Waals surface area (Å²) >= 11 is 5.34. The van der Waals surface area contributed by atoms with Gasteiger partial charge in [-0.25, -0.2) is 0 Å². The Morgan fingerprint density at radius 2 is 2.15 bits per heavy atom. The first-order chi connectivity index (χ1) is 6.18. The van der Waals surface area contributed by atoms with Gasteiger partial charge in [0.05, 0.1) is 0 Å². The number of hydrogen-bond acceptors (Lipinski definition) is 1. The lowest BCUT2D eigenvalue weighted by Crippen LogP contribution is -1.88. The van der Waals surface area contributed by atoms with Crippen LogP contribution in [0, 0.1) is 5.92 Å². The summed E-state index contributed by atoms with van der Waals surface area (Å²) < 4.78 is 1.23. The van der Waals surface area contributed by atoms with Gasteiger partial charge in [-0.05, 0) is 40.8 Å². The summed E-state index contributed by atoms with van der Waals surface area (Å²) in [6, 6.07) is 2.24. The molecule has 0 aliphatic carbocycles. The number of thiophene rings is 1. The Kier molecular flexibility index (Phi) is 5.04. The Morgan fingerprint density at radius 1 is 1.38 bits per heavy atom. The highest BCUT2D eigenvalue weighted by molar-refractivity contribution is 9.10. The standard InChI is InChI=1S/C11H17BrS/c1-9(2)5-3-4-6-11-7-10(12)8-13-11/h7-9H,3-6H2,1-2H3. The number of unbranched alkanes of at least 4 members (excludes halogenated alkanes) is 1. The molecular weight excluding hydrogens is 244 g/mol. The molecule has 1 heterocycles. The summed E-state index contributed by atoms with van der Waals surface area (Å²) in [4.78, 5) is 1.51. The number of aryl methyl sites for hydroxylation is 1. The number of rotatable bonds is 5. The zero-order valence-electron chi connectivity index (χ0n) is 8.35. The van der Waals surface area contributed by atoms with Gasteiger partial charge in [0.15, 0.2) is 0 Å². The van der Waals surface area contributed by atoms with E-state index in [4.69, 9.17) is 0 Å². The van der Waals surface area contributed by atoms with Crippen molar-refractivity contribution in [1.82, 2.24) is 0 Å². The highest BCUT2D eigenvalue weighted by Crippen LogP contribution is 2.21. The molecule has 0 saturated carbocycles. The minimum atomic E-state index is 0.857. The zero-order chi connectivity index (χ0) is 9.68. The van der Waals surface area contributed by atoms with Crippen molar-refractivity contribution in [1.29, 1.82) is 0 Å². The quantitative estimate of drug-likeness (QED) is 0.663. The van der Waals surface area contributed by atoms with Gasteiger partial charge in [0, 0.05) is 14.7 Å². The van der Waals surface area contributed by atoms with E-state index in [9.17, 15) is 0 Å². The van der Waals surface area contributed by atoms with Gasteiger partial charge in [0.1, 0.15) is 0 Å². The van der Waals surface area contributed by atoms with E-state index in [0.29, 0.717) is 0 Å². The second-order valence-corrected chi connectivity index (χ2v) is 5.78. The molecule has 74 valence electrons. The van der Waals surface area contributed by atoms with E-state index in [1.807, 2.05) is 11.3 Å². The van der Waals surface area contributed by atoms with Crippen molar-refractivity contribution in [2.45, 2.75) is 39.5 Å². The number of halogens is 1. The molecule has 0 unspecified atom stereocenters. The third-order valence-electron chi connectivity index (χ3n) is 2.08. The van der Waals surface area contributed by atoms with Gasteiger partial charge in [-0.2, -0.15) is 0 Å². The molecule has 0 bridgehead atoms. The smallest absolute Gasteiger partial charge is 0.0285 e. The van der Waals surface area contributed by atoms with E-state index in [1.165, 1.54) is 35.0 Å². The summed E-state index contributed by atoms with van der Waals surface area (Å²) in [5.74, 6) is 0.857. The third kappa shape index (κ3) is 4.82. The first kappa shape index (κ1) is 11.3. The second kappa shape index (κ2) is 5.82. The summed E-state index contributed by atoms with van der Waals surface area (Å²) in [6.07, 6.45) is 5.33. The van der Waals surface area contributed by atoms with Crippen LogP contribution in [0.2, 0.25) is 0 Å². The third-order valence-corrected chi connectivity index (χ3v) is 3.83. The Hall–Kier alpha value is 0.180. The van der Waals surface area contributed by atoms with Crippen LogP contribution in [-0.4, -0.2) is 0 Å². The normalized spacial score (nSPS) is 11.1. The lowest BCUT2D eigenvalue weighted by molar-refractivity contribution is 0.539. The largest absolute Gasteiger partial charge is 0.148 e. The van der Waals surface area contributed by atoms with Crippen LogP contribution in [0.25, 0.3) is 0 Å². The van der Waals surface area contributed by atoms with Crippen molar-refractivity contribution in [3.63, 3.8) is 0 Å². The first-order valence-corrected chi connectivity index (χ1v) is 6.58. The van der Waals surface area contributed by atoms with Crippen molar-refractivity contribution in [2.24, 2.45) is 5.92 Å². The Morgan fingerprint density at radius 3 is 2.69 bits per heavy atom. The minimum absolute atomic E-state index is 0.857.